The van der Waals surface area contributed by atoms with Crippen molar-refractivity contribution in [2.24, 2.45) is 11.8 Å². The summed E-state index contributed by atoms with van der Waals surface area (Å²) in [5.74, 6) is 1.67. The summed E-state index contributed by atoms with van der Waals surface area (Å²) in [7, 11) is 0. The summed E-state index contributed by atoms with van der Waals surface area (Å²) in [6, 6.07) is 7.75. The van der Waals surface area contributed by atoms with Crippen LogP contribution >= 0.6 is 0 Å². The van der Waals surface area contributed by atoms with E-state index < -0.39 is 0 Å². The number of nitrogen functional groups attached to an aromatic ring is 1. The van der Waals surface area contributed by atoms with Crippen molar-refractivity contribution in [3.8, 4) is 0 Å². The number of amides is 1. The zero-order chi connectivity index (χ0) is 13.7. The van der Waals surface area contributed by atoms with Crippen molar-refractivity contribution in [3.63, 3.8) is 0 Å². The van der Waals surface area contributed by atoms with Crippen LogP contribution in [0.5, 0.6) is 0 Å². The zero-order valence-corrected chi connectivity index (χ0v) is 11.7. The number of aryl methyl sites for hydroxylation is 1. The molecule has 104 valence electrons. The van der Waals surface area contributed by atoms with Crippen molar-refractivity contribution in [1.29, 1.82) is 0 Å². The molecule has 1 fully saturated rings. The number of nitrogens with two attached hydrogens (primary N) is 1. The van der Waals surface area contributed by atoms with Crippen LogP contribution in [0.4, 0.5) is 5.69 Å². The van der Waals surface area contributed by atoms with Crippen LogP contribution in [0.2, 0.25) is 0 Å². The third-order valence-corrected chi connectivity index (χ3v) is 3.98. The SMILES string of the molecule is CC1CCC(CNC(=O)CCc2cccc(N)c2)C1. The Kier molecular flexibility index (Phi) is 4.83. The quantitative estimate of drug-likeness (QED) is 0.800. The Hall–Kier alpha value is -1.51. The van der Waals surface area contributed by atoms with Gasteiger partial charge < -0.3 is 11.1 Å². The van der Waals surface area contributed by atoms with E-state index in [0.29, 0.717) is 12.3 Å². The van der Waals surface area contributed by atoms with Crippen LogP contribution < -0.4 is 11.1 Å². The molecule has 19 heavy (non-hydrogen) atoms. The van der Waals surface area contributed by atoms with Gasteiger partial charge in [0.2, 0.25) is 5.91 Å². The molecule has 0 aliphatic heterocycles. The van der Waals surface area contributed by atoms with E-state index in [1.807, 2.05) is 24.3 Å². The normalized spacial score (nSPS) is 22.4. The molecule has 0 bridgehead atoms. The largest absolute Gasteiger partial charge is 0.399 e. The number of anilines is 1. The van der Waals surface area contributed by atoms with E-state index >= 15 is 0 Å². The summed E-state index contributed by atoms with van der Waals surface area (Å²) in [6.45, 7) is 3.14. The minimum atomic E-state index is 0.155. The molecule has 1 aliphatic carbocycles. The van der Waals surface area contributed by atoms with E-state index in [0.717, 1.165) is 30.1 Å². The Morgan fingerprint density at radius 2 is 2.26 bits per heavy atom. The average molecular weight is 260 g/mol. The van der Waals surface area contributed by atoms with Crippen molar-refractivity contribution >= 4 is 11.6 Å². The lowest BCUT2D eigenvalue weighted by molar-refractivity contribution is -0.121. The molecule has 1 aromatic carbocycles. The van der Waals surface area contributed by atoms with Crippen molar-refractivity contribution in [1.82, 2.24) is 5.32 Å². The third-order valence-electron chi connectivity index (χ3n) is 3.98. The first-order chi connectivity index (χ1) is 9.13. The highest BCUT2D eigenvalue weighted by atomic mass is 16.1. The van der Waals surface area contributed by atoms with Gasteiger partial charge in [-0.2, -0.15) is 0 Å². The summed E-state index contributed by atoms with van der Waals surface area (Å²) < 4.78 is 0. The maximum atomic E-state index is 11.8. The summed E-state index contributed by atoms with van der Waals surface area (Å²) in [6.07, 6.45) is 5.14. The fourth-order valence-corrected chi connectivity index (χ4v) is 2.86. The van der Waals surface area contributed by atoms with Gasteiger partial charge in [0.1, 0.15) is 0 Å². The first-order valence-electron chi connectivity index (χ1n) is 7.24. The van der Waals surface area contributed by atoms with Gasteiger partial charge in [-0.15, -0.1) is 0 Å². The molecule has 2 rings (SSSR count). The molecule has 0 heterocycles. The molecule has 1 aliphatic rings. The lowest BCUT2D eigenvalue weighted by Gasteiger charge is -2.11. The van der Waals surface area contributed by atoms with Crippen LogP contribution in [-0.4, -0.2) is 12.5 Å². The van der Waals surface area contributed by atoms with Crippen molar-refractivity contribution in [2.75, 3.05) is 12.3 Å². The molecule has 3 heteroatoms. The molecular formula is C16H24N2O. The van der Waals surface area contributed by atoms with E-state index in [-0.39, 0.29) is 5.91 Å². The van der Waals surface area contributed by atoms with Crippen LogP contribution in [-0.2, 0) is 11.2 Å². The molecule has 2 atom stereocenters. The Morgan fingerprint density at radius 1 is 1.42 bits per heavy atom. The second-order valence-electron chi connectivity index (χ2n) is 5.83. The van der Waals surface area contributed by atoms with Gasteiger partial charge in [-0.05, 0) is 48.8 Å². The Balaban J connectivity index is 1.67. The van der Waals surface area contributed by atoms with Gasteiger partial charge in [0.25, 0.3) is 0 Å². The van der Waals surface area contributed by atoms with Gasteiger partial charge in [0.05, 0.1) is 0 Å². The lowest BCUT2D eigenvalue weighted by Crippen LogP contribution is -2.28. The molecular weight excluding hydrogens is 236 g/mol. The number of carbonyl (C=O) groups is 1. The molecule has 0 saturated heterocycles. The molecule has 0 spiro atoms. The molecule has 2 unspecified atom stereocenters. The summed E-state index contributed by atoms with van der Waals surface area (Å²) in [4.78, 5) is 11.8. The molecule has 1 saturated carbocycles. The van der Waals surface area contributed by atoms with Gasteiger partial charge in [0.15, 0.2) is 0 Å². The summed E-state index contributed by atoms with van der Waals surface area (Å²) in [5.41, 5.74) is 7.61. The number of hydrogen-bond acceptors (Lipinski definition) is 2. The van der Waals surface area contributed by atoms with E-state index in [4.69, 9.17) is 5.73 Å². The van der Waals surface area contributed by atoms with Crippen LogP contribution in [0, 0.1) is 11.8 Å². The number of hydrogen-bond donors (Lipinski definition) is 2. The molecule has 3 nitrogen and oxygen atoms in total. The number of nitrogens with one attached hydrogen (secondary N) is 1. The second-order valence-corrected chi connectivity index (χ2v) is 5.83. The third kappa shape index (κ3) is 4.58. The van der Waals surface area contributed by atoms with Crippen molar-refractivity contribution in [3.05, 3.63) is 29.8 Å². The van der Waals surface area contributed by atoms with Crippen molar-refractivity contribution in [2.45, 2.75) is 39.0 Å². The highest BCUT2D eigenvalue weighted by Crippen LogP contribution is 2.29. The average Bonchev–Trinajstić information content (AvgIpc) is 2.80. The minimum Gasteiger partial charge on any atom is -0.399 e. The second kappa shape index (κ2) is 6.60. The Labute approximate surface area is 115 Å². The van der Waals surface area contributed by atoms with E-state index in [2.05, 4.69) is 12.2 Å². The van der Waals surface area contributed by atoms with E-state index in [1.54, 1.807) is 0 Å². The number of rotatable bonds is 5. The standard InChI is InChI=1S/C16H24N2O/c1-12-5-6-14(9-12)11-18-16(19)8-7-13-3-2-4-15(17)10-13/h2-4,10,12,14H,5-9,11,17H2,1H3,(H,18,19). The Morgan fingerprint density at radius 3 is 2.95 bits per heavy atom. The first kappa shape index (κ1) is 13.9. The maximum absolute atomic E-state index is 11.8. The van der Waals surface area contributed by atoms with Crippen LogP contribution in [0.3, 0.4) is 0 Å². The molecule has 0 aromatic heterocycles. The molecule has 0 radical (unpaired) electrons. The molecule has 3 N–H and O–H groups in total. The minimum absolute atomic E-state index is 0.155. The van der Waals surface area contributed by atoms with Gasteiger partial charge in [0, 0.05) is 18.7 Å². The fraction of sp³-hybridized carbons (Fsp3) is 0.562. The molecule has 1 amide bonds. The summed E-state index contributed by atoms with van der Waals surface area (Å²) >= 11 is 0. The highest BCUT2D eigenvalue weighted by Gasteiger charge is 2.21. The van der Waals surface area contributed by atoms with E-state index in [9.17, 15) is 4.79 Å². The Bertz CT molecular complexity index is 431. The highest BCUT2D eigenvalue weighted by molar-refractivity contribution is 5.76. The molecule has 1 aromatic rings. The van der Waals surface area contributed by atoms with Crippen molar-refractivity contribution < 1.29 is 4.79 Å². The smallest absolute Gasteiger partial charge is 0.220 e. The van der Waals surface area contributed by atoms with Gasteiger partial charge in [-0.3, -0.25) is 4.79 Å². The lowest BCUT2D eigenvalue weighted by atomic mass is 10.1. The zero-order valence-electron chi connectivity index (χ0n) is 11.7. The predicted molar refractivity (Wildman–Crippen MR) is 78.7 cm³/mol. The van der Waals surface area contributed by atoms with Crippen LogP contribution in [0.15, 0.2) is 24.3 Å². The first-order valence-corrected chi connectivity index (χ1v) is 7.24. The topological polar surface area (TPSA) is 55.1 Å². The van der Waals surface area contributed by atoms with E-state index in [1.165, 1.54) is 19.3 Å². The van der Waals surface area contributed by atoms with Crippen LogP contribution in [0.1, 0.15) is 38.2 Å². The van der Waals surface area contributed by atoms with Gasteiger partial charge in [-0.1, -0.05) is 25.5 Å². The monoisotopic (exact) mass is 260 g/mol. The maximum Gasteiger partial charge on any atom is 0.220 e. The number of carbonyl (C=O) groups excluding carboxylic acids is 1. The van der Waals surface area contributed by atoms with Gasteiger partial charge >= 0.3 is 0 Å². The fourth-order valence-electron chi connectivity index (χ4n) is 2.86. The number of benzene rings is 1. The van der Waals surface area contributed by atoms with Crippen LogP contribution in [0.25, 0.3) is 0 Å². The van der Waals surface area contributed by atoms with Gasteiger partial charge in [-0.25, -0.2) is 0 Å². The summed E-state index contributed by atoms with van der Waals surface area (Å²) in [5, 5.41) is 3.06. The predicted octanol–water partition coefficient (Wildman–Crippen LogP) is 2.75.